The van der Waals surface area contributed by atoms with Gasteiger partial charge in [0.2, 0.25) is 0 Å². The molecule has 0 bridgehead atoms. The molecule has 0 saturated heterocycles. The lowest BCUT2D eigenvalue weighted by molar-refractivity contribution is 0.0598. The van der Waals surface area contributed by atoms with E-state index in [1.807, 2.05) is 4.90 Å². The van der Waals surface area contributed by atoms with Crippen LogP contribution in [0.3, 0.4) is 0 Å². The fraction of sp³-hybridized carbons (Fsp3) is 0.600. The first kappa shape index (κ1) is 15.4. The summed E-state index contributed by atoms with van der Waals surface area (Å²) in [7, 11) is 1.79. The predicted molar refractivity (Wildman–Crippen MR) is 82.0 cm³/mol. The minimum Gasteiger partial charge on any atom is -0.333 e. The van der Waals surface area contributed by atoms with Crippen LogP contribution in [0.15, 0.2) is 12.3 Å². The van der Waals surface area contributed by atoms with E-state index in [2.05, 4.69) is 43.0 Å². The molecule has 0 aliphatic carbocycles. The number of aryl methyl sites for hydroxylation is 1. The molecule has 1 amide bonds. The van der Waals surface area contributed by atoms with Gasteiger partial charge in [-0.25, -0.2) is 9.67 Å². The van der Waals surface area contributed by atoms with Crippen molar-refractivity contribution in [3.63, 3.8) is 0 Å². The van der Waals surface area contributed by atoms with E-state index in [4.69, 9.17) is 0 Å². The molecular weight excluding hydrogens is 266 g/mol. The van der Waals surface area contributed by atoms with Crippen LogP contribution in [0.4, 0.5) is 0 Å². The van der Waals surface area contributed by atoms with Crippen LogP contribution < -0.4 is 0 Å². The number of hydrogen-bond acceptors (Lipinski definition) is 4. The van der Waals surface area contributed by atoms with Crippen LogP contribution in [-0.2, 0) is 7.05 Å². The van der Waals surface area contributed by atoms with Crippen molar-refractivity contribution in [2.75, 3.05) is 0 Å². The van der Waals surface area contributed by atoms with Gasteiger partial charge in [-0.05, 0) is 32.8 Å². The fourth-order valence-electron chi connectivity index (χ4n) is 2.42. The fourth-order valence-corrected chi connectivity index (χ4v) is 2.42. The first-order chi connectivity index (χ1) is 9.99. The number of hydrogen-bond donors (Lipinski definition) is 0. The van der Waals surface area contributed by atoms with Crippen LogP contribution in [0.1, 0.15) is 50.9 Å². The summed E-state index contributed by atoms with van der Waals surface area (Å²) in [5.74, 6) is 0.0127. The number of carbonyl (C=O) groups is 1. The Hall–Kier alpha value is -1.98. The summed E-state index contributed by atoms with van der Waals surface area (Å²) in [6.45, 7) is 8.35. The number of pyridine rings is 1. The molecule has 0 fully saturated rings. The van der Waals surface area contributed by atoms with Crippen molar-refractivity contribution in [1.29, 1.82) is 0 Å². The maximum Gasteiger partial charge on any atom is 0.255 e. The standard InChI is InChI=1S/C15H23N5O/c1-6-10(3)20(11(4)7-2)15(21)12-8-13-14(16-9-12)19(5)18-17-13/h8-11H,6-7H2,1-5H3/t10-,11-/m0/s1. The molecule has 0 radical (unpaired) electrons. The number of fused-ring (bicyclic) bond motifs is 1. The van der Waals surface area contributed by atoms with Gasteiger partial charge in [-0.15, -0.1) is 5.10 Å². The summed E-state index contributed by atoms with van der Waals surface area (Å²) < 4.78 is 1.60. The molecule has 0 aromatic carbocycles. The first-order valence-corrected chi connectivity index (χ1v) is 7.47. The summed E-state index contributed by atoms with van der Waals surface area (Å²) >= 11 is 0. The highest BCUT2D eigenvalue weighted by molar-refractivity contribution is 5.96. The van der Waals surface area contributed by atoms with E-state index in [1.54, 1.807) is 24.0 Å². The first-order valence-electron chi connectivity index (χ1n) is 7.47. The van der Waals surface area contributed by atoms with Crippen LogP contribution in [-0.4, -0.2) is 42.9 Å². The zero-order valence-electron chi connectivity index (χ0n) is 13.4. The molecule has 6 nitrogen and oxygen atoms in total. The van der Waals surface area contributed by atoms with E-state index in [-0.39, 0.29) is 18.0 Å². The highest BCUT2D eigenvalue weighted by atomic mass is 16.2. The average molecular weight is 289 g/mol. The van der Waals surface area contributed by atoms with Crippen molar-refractivity contribution in [1.82, 2.24) is 24.9 Å². The molecule has 0 N–H and O–H groups in total. The summed E-state index contributed by atoms with van der Waals surface area (Å²) in [5.41, 5.74) is 1.91. The lowest BCUT2D eigenvalue weighted by atomic mass is 10.1. The van der Waals surface area contributed by atoms with Crippen LogP contribution in [0.5, 0.6) is 0 Å². The van der Waals surface area contributed by atoms with Crippen molar-refractivity contribution < 1.29 is 4.79 Å². The largest absolute Gasteiger partial charge is 0.333 e. The summed E-state index contributed by atoms with van der Waals surface area (Å²) in [4.78, 5) is 19.1. The minimum absolute atomic E-state index is 0.0127. The van der Waals surface area contributed by atoms with E-state index in [0.29, 0.717) is 16.7 Å². The van der Waals surface area contributed by atoms with Gasteiger partial charge >= 0.3 is 0 Å². The van der Waals surface area contributed by atoms with Crippen LogP contribution in [0, 0.1) is 0 Å². The molecule has 21 heavy (non-hydrogen) atoms. The third-order valence-corrected chi connectivity index (χ3v) is 4.05. The van der Waals surface area contributed by atoms with Crippen molar-refractivity contribution >= 4 is 17.1 Å². The Bertz CT molecular complexity index is 626. The Morgan fingerprint density at radius 3 is 2.48 bits per heavy atom. The van der Waals surface area contributed by atoms with Gasteiger partial charge in [0.15, 0.2) is 5.65 Å². The van der Waals surface area contributed by atoms with Gasteiger partial charge in [0.05, 0.1) is 5.56 Å². The van der Waals surface area contributed by atoms with Crippen molar-refractivity contribution in [2.45, 2.75) is 52.6 Å². The van der Waals surface area contributed by atoms with Gasteiger partial charge in [-0.2, -0.15) is 0 Å². The molecule has 2 aromatic rings. The monoisotopic (exact) mass is 289 g/mol. The Balaban J connectivity index is 2.37. The summed E-state index contributed by atoms with van der Waals surface area (Å²) in [6.07, 6.45) is 3.47. The molecule has 2 rings (SSSR count). The zero-order valence-corrected chi connectivity index (χ0v) is 13.4. The van der Waals surface area contributed by atoms with Gasteiger partial charge in [0.25, 0.3) is 5.91 Å². The molecule has 114 valence electrons. The molecule has 0 aliphatic rings. The third-order valence-electron chi connectivity index (χ3n) is 4.05. The second kappa shape index (κ2) is 6.20. The summed E-state index contributed by atoms with van der Waals surface area (Å²) in [5, 5.41) is 7.95. The number of nitrogens with zero attached hydrogens (tertiary/aromatic N) is 5. The molecule has 0 aliphatic heterocycles. The molecular formula is C15H23N5O. The molecule has 6 heteroatoms. The Kier molecular flexibility index (Phi) is 4.55. The van der Waals surface area contributed by atoms with E-state index < -0.39 is 0 Å². The number of carbonyl (C=O) groups excluding carboxylic acids is 1. The molecule has 2 atom stereocenters. The molecule has 0 unspecified atom stereocenters. The maximum atomic E-state index is 12.8. The molecule has 0 spiro atoms. The lowest BCUT2D eigenvalue weighted by Gasteiger charge is -2.34. The maximum absolute atomic E-state index is 12.8. The third kappa shape index (κ3) is 2.89. The topological polar surface area (TPSA) is 63.9 Å². The van der Waals surface area contributed by atoms with Gasteiger partial charge in [-0.1, -0.05) is 19.1 Å². The van der Waals surface area contributed by atoms with E-state index in [1.165, 1.54) is 0 Å². The normalized spacial score (nSPS) is 14.1. The Morgan fingerprint density at radius 1 is 1.29 bits per heavy atom. The van der Waals surface area contributed by atoms with Crippen LogP contribution >= 0.6 is 0 Å². The van der Waals surface area contributed by atoms with Gasteiger partial charge < -0.3 is 4.90 Å². The SMILES string of the molecule is CC[C@H](C)N(C(=O)c1cnc2c(c1)nnn2C)[C@@H](C)CC. The van der Waals surface area contributed by atoms with E-state index >= 15 is 0 Å². The quantitative estimate of drug-likeness (QED) is 0.848. The van der Waals surface area contributed by atoms with Gasteiger partial charge in [0, 0.05) is 25.3 Å². The molecule has 0 saturated carbocycles. The van der Waals surface area contributed by atoms with Gasteiger partial charge in [-0.3, -0.25) is 4.79 Å². The van der Waals surface area contributed by atoms with Crippen LogP contribution in [0.2, 0.25) is 0 Å². The predicted octanol–water partition coefficient (Wildman–Crippen LogP) is 2.40. The average Bonchev–Trinajstić information content (AvgIpc) is 2.87. The van der Waals surface area contributed by atoms with Crippen LogP contribution in [0.25, 0.3) is 11.2 Å². The van der Waals surface area contributed by atoms with Crippen molar-refractivity contribution in [2.24, 2.45) is 7.05 Å². The van der Waals surface area contributed by atoms with E-state index in [9.17, 15) is 4.79 Å². The number of rotatable bonds is 5. The molecule has 2 aromatic heterocycles. The smallest absolute Gasteiger partial charge is 0.255 e. The number of aromatic nitrogens is 4. The minimum atomic E-state index is 0.0127. The Morgan fingerprint density at radius 2 is 1.90 bits per heavy atom. The Labute approximate surface area is 125 Å². The lowest BCUT2D eigenvalue weighted by Crippen LogP contribution is -2.44. The van der Waals surface area contributed by atoms with Crippen molar-refractivity contribution in [3.05, 3.63) is 17.8 Å². The molecule has 2 heterocycles. The van der Waals surface area contributed by atoms with E-state index in [0.717, 1.165) is 12.8 Å². The van der Waals surface area contributed by atoms with Gasteiger partial charge in [0.1, 0.15) is 5.52 Å². The summed E-state index contributed by atoms with van der Waals surface area (Å²) in [6, 6.07) is 2.17. The highest BCUT2D eigenvalue weighted by Gasteiger charge is 2.25. The second-order valence-corrected chi connectivity index (χ2v) is 5.51. The van der Waals surface area contributed by atoms with Crippen molar-refractivity contribution in [3.8, 4) is 0 Å². The number of amides is 1. The second-order valence-electron chi connectivity index (χ2n) is 5.51. The highest BCUT2D eigenvalue weighted by Crippen LogP contribution is 2.18. The zero-order chi connectivity index (χ0) is 15.6.